The summed E-state index contributed by atoms with van der Waals surface area (Å²) in [6.07, 6.45) is 0. The number of Topliss-reactive ketones (excluding diaryl/α,β-unsaturated/α-hetero) is 1. The Hall–Kier alpha value is -2.86. The van der Waals surface area contributed by atoms with Crippen LogP contribution in [-0.2, 0) is 0 Å². The molecule has 2 aromatic carbocycles. The minimum absolute atomic E-state index is 0.0494. The minimum atomic E-state index is 0.0494. The molecule has 0 bridgehead atoms. The number of nitrogens with zero attached hydrogens (tertiary/aromatic N) is 3. The molecule has 0 aliphatic rings. The van der Waals surface area contributed by atoms with Gasteiger partial charge in [0, 0.05) is 5.56 Å². The van der Waals surface area contributed by atoms with Crippen molar-refractivity contribution in [2.24, 2.45) is 0 Å². The molecule has 0 N–H and O–H groups in total. The summed E-state index contributed by atoms with van der Waals surface area (Å²) in [5.74, 6) is 1.08. The monoisotopic (exact) mass is 391 g/mol. The molecule has 0 spiro atoms. The van der Waals surface area contributed by atoms with Crippen molar-refractivity contribution in [3.63, 3.8) is 0 Å². The van der Waals surface area contributed by atoms with Crippen LogP contribution < -0.4 is 4.74 Å². The molecule has 4 rings (SSSR count). The average Bonchev–Trinajstić information content (AvgIpc) is 3.13. The molecule has 0 amide bonds. The van der Waals surface area contributed by atoms with Gasteiger partial charge in [0.05, 0.1) is 18.4 Å². The Labute approximate surface area is 167 Å². The fraction of sp³-hybridized carbons (Fsp3) is 0.227. The molecule has 4 aromatic rings. The van der Waals surface area contributed by atoms with Crippen molar-refractivity contribution in [1.29, 1.82) is 0 Å². The number of fused-ring (bicyclic) bond motifs is 3. The van der Waals surface area contributed by atoms with Gasteiger partial charge in [0.25, 0.3) is 0 Å². The van der Waals surface area contributed by atoms with Crippen molar-refractivity contribution in [2.45, 2.75) is 25.9 Å². The van der Waals surface area contributed by atoms with Crippen LogP contribution in [0, 0.1) is 20.8 Å². The Morgan fingerprint density at radius 2 is 1.68 bits per heavy atom. The Morgan fingerprint density at radius 3 is 2.39 bits per heavy atom. The maximum absolute atomic E-state index is 12.6. The number of aromatic nitrogens is 3. The number of pyridine rings is 1. The van der Waals surface area contributed by atoms with Crippen LogP contribution >= 0.6 is 11.8 Å². The van der Waals surface area contributed by atoms with E-state index in [0.717, 1.165) is 33.0 Å². The highest BCUT2D eigenvalue weighted by Gasteiger charge is 2.15. The summed E-state index contributed by atoms with van der Waals surface area (Å²) >= 11 is 1.41. The van der Waals surface area contributed by atoms with Gasteiger partial charge in [-0.3, -0.25) is 9.20 Å². The number of methoxy groups -OCH3 is 1. The van der Waals surface area contributed by atoms with Gasteiger partial charge in [0.2, 0.25) is 0 Å². The summed E-state index contributed by atoms with van der Waals surface area (Å²) < 4.78 is 7.21. The van der Waals surface area contributed by atoms with Crippen LogP contribution in [0.2, 0.25) is 0 Å². The first-order valence-electron chi connectivity index (χ1n) is 9.03. The van der Waals surface area contributed by atoms with E-state index in [4.69, 9.17) is 4.74 Å². The third-order valence-electron chi connectivity index (χ3n) is 4.99. The molecular formula is C22H21N3O2S. The zero-order valence-corrected chi connectivity index (χ0v) is 17.1. The highest BCUT2D eigenvalue weighted by atomic mass is 32.2. The van der Waals surface area contributed by atoms with Crippen LogP contribution in [0.15, 0.2) is 47.6 Å². The second kappa shape index (κ2) is 7.28. The van der Waals surface area contributed by atoms with E-state index in [1.165, 1.54) is 22.9 Å². The Balaban J connectivity index is 1.68. The van der Waals surface area contributed by atoms with E-state index in [1.807, 2.05) is 6.92 Å². The number of rotatable bonds is 5. The van der Waals surface area contributed by atoms with E-state index >= 15 is 0 Å². The van der Waals surface area contributed by atoms with Gasteiger partial charge in [-0.05, 0) is 85.3 Å². The van der Waals surface area contributed by atoms with Crippen molar-refractivity contribution < 1.29 is 9.53 Å². The summed E-state index contributed by atoms with van der Waals surface area (Å²) in [6.45, 7) is 6.25. The van der Waals surface area contributed by atoms with Crippen LogP contribution in [0.25, 0.3) is 16.6 Å². The first-order chi connectivity index (χ1) is 13.5. The van der Waals surface area contributed by atoms with Crippen LogP contribution in [-0.4, -0.2) is 33.2 Å². The van der Waals surface area contributed by atoms with Gasteiger partial charge in [-0.15, -0.1) is 10.2 Å². The second-order valence-corrected chi connectivity index (χ2v) is 7.85. The number of hydrogen-bond donors (Lipinski definition) is 0. The molecule has 0 aliphatic carbocycles. The van der Waals surface area contributed by atoms with Crippen LogP contribution in [0.1, 0.15) is 27.0 Å². The molecule has 6 heteroatoms. The predicted molar refractivity (Wildman–Crippen MR) is 113 cm³/mol. The Kier molecular flexibility index (Phi) is 4.81. The summed E-state index contributed by atoms with van der Waals surface area (Å²) in [7, 11) is 1.61. The zero-order valence-electron chi connectivity index (χ0n) is 16.3. The van der Waals surface area contributed by atoms with Crippen LogP contribution in [0.3, 0.4) is 0 Å². The Morgan fingerprint density at radius 1 is 1.00 bits per heavy atom. The zero-order chi connectivity index (χ0) is 19.8. The maximum atomic E-state index is 12.6. The number of ketones is 1. The minimum Gasteiger partial charge on any atom is -0.497 e. The van der Waals surface area contributed by atoms with Gasteiger partial charge >= 0.3 is 0 Å². The van der Waals surface area contributed by atoms with Gasteiger partial charge in [-0.2, -0.15) is 0 Å². The van der Waals surface area contributed by atoms with Crippen LogP contribution in [0.5, 0.6) is 5.75 Å². The van der Waals surface area contributed by atoms with E-state index in [0.29, 0.717) is 11.3 Å². The number of aryl methyl sites for hydroxylation is 3. The first kappa shape index (κ1) is 18.5. The fourth-order valence-corrected chi connectivity index (χ4v) is 4.10. The first-order valence-corrected chi connectivity index (χ1v) is 10.0. The third kappa shape index (κ3) is 3.24. The molecule has 28 heavy (non-hydrogen) atoms. The largest absolute Gasteiger partial charge is 0.497 e. The SMILES string of the molecule is COc1ccc(C(=O)CSc2nnc3c(C)cc4cc(C)c(C)cc4n23)cc1. The molecule has 0 fully saturated rings. The molecule has 142 valence electrons. The number of benzene rings is 2. The molecule has 0 radical (unpaired) electrons. The molecule has 5 nitrogen and oxygen atoms in total. The summed E-state index contributed by atoms with van der Waals surface area (Å²) in [5.41, 5.74) is 6.09. The van der Waals surface area contributed by atoms with Crippen LogP contribution in [0.4, 0.5) is 0 Å². The molecular weight excluding hydrogens is 370 g/mol. The quantitative estimate of drug-likeness (QED) is 0.362. The van der Waals surface area contributed by atoms with Crippen molar-refractivity contribution in [2.75, 3.05) is 12.9 Å². The second-order valence-electron chi connectivity index (χ2n) is 6.90. The van der Waals surface area contributed by atoms with Crippen molar-refractivity contribution >= 4 is 34.1 Å². The van der Waals surface area contributed by atoms with Gasteiger partial charge in [0.15, 0.2) is 16.6 Å². The van der Waals surface area contributed by atoms with Gasteiger partial charge in [-0.25, -0.2) is 0 Å². The van der Waals surface area contributed by atoms with Gasteiger partial charge < -0.3 is 4.74 Å². The number of ether oxygens (including phenoxy) is 1. The predicted octanol–water partition coefficient (Wildman–Crippen LogP) is 4.79. The molecule has 0 atom stereocenters. The molecule has 0 saturated heterocycles. The van der Waals surface area contributed by atoms with Gasteiger partial charge in [-0.1, -0.05) is 11.8 Å². The lowest BCUT2D eigenvalue weighted by atomic mass is 10.0. The van der Waals surface area contributed by atoms with Crippen molar-refractivity contribution in [3.05, 3.63) is 64.7 Å². The number of thioether (sulfide) groups is 1. The lowest BCUT2D eigenvalue weighted by Crippen LogP contribution is -2.03. The average molecular weight is 391 g/mol. The lowest BCUT2D eigenvalue weighted by Gasteiger charge is -2.10. The molecule has 0 aliphatic heterocycles. The van der Waals surface area contributed by atoms with Crippen molar-refractivity contribution in [3.8, 4) is 5.75 Å². The molecule has 2 heterocycles. The Bertz CT molecular complexity index is 1200. The van der Waals surface area contributed by atoms with E-state index < -0.39 is 0 Å². The topological polar surface area (TPSA) is 56.5 Å². The highest BCUT2D eigenvalue weighted by molar-refractivity contribution is 7.99. The van der Waals surface area contributed by atoms with Gasteiger partial charge in [0.1, 0.15) is 5.75 Å². The fourth-order valence-electron chi connectivity index (χ4n) is 3.26. The highest BCUT2D eigenvalue weighted by Crippen LogP contribution is 2.28. The summed E-state index contributed by atoms with van der Waals surface area (Å²) in [4.78, 5) is 12.6. The summed E-state index contributed by atoms with van der Waals surface area (Å²) in [5, 5.41) is 10.6. The number of carbonyl (C=O) groups excluding carboxylic acids is 1. The maximum Gasteiger partial charge on any atom is 0.196 e. The van der Waals surface area contributed by atoms with E-state index in [9.17, 15) is 4.79 Å². The smallest absolute Gasteiger partial charge is 0.196 e. The molecule has 0 saturated carbocycles. The third-order valence-corrected chi connectivity index (χ3v) is 5.92. The molecule has 2 aromatic heterocycles. The number of hydrogen-bond acceptors (Lipinski definition) is 5. The summed E-state index contributed by atoms with van der Waals surface area (Å²) in [6, 6.07) is 13.7. The molecule has 0 unspecified atom stereocenters. The van der Waals surface area contributed by atoms with E-state index in [-0.39, 0.29) is 5.78 Å². The number of carbonyl (C=O) groups is 1. The van der Waals surface area contributed by atoms with E-state index in [2.05, 4.69) is 46.6 Å². The lowest BCUT2D eigenvalue weighted by molar-refractivity contribution is 0.102. The van der Waals surface area contributed by atoms with E-state index in [1.54, 1.807) is 31.4 Å². The normalized spacial score (nSPS) is 11.3. The van der Waals surface area contributed by atoms with Crippen molar-refractivity contribution in [1.82, 2.24) is 14.6 Å². The standard InChI is InChI=1S/C22H21N3O2S/c1-13-9-17-10-15(3)21-23-24-22(25(21)19(17)11-14(13)2)28-12-20(26)16-5-7-18(27-4)8-6-16/h5-11H,12H2,1-4H3.